The summed E-state index contributed by atoms with van der Waals surface area (Å²) in [4.78, 5) is 9.04. The highest BCUT2D eigenvalue weighted by Crippen LogP contribution is 2.25. The molecule has 0 aliphatic heterocycles. The fraction of sp³-hybridized carbons (Fsp3) is 0.235. The summed E-state index contributed by atoms with van der Waals surface area (Å²) in [5, 5.41) is 7.33. The van der Waals surface area contributed by atoms with Gasteiger partial charge in [-0.1, -0.05) is 35.5 Å². The van der Waals surface area contributed by atoms with Crippen LogP contribution in [-0.2, 0) is 6.54 Å². The fourth-order valence-electron chi connectivity index (χ4n) is 2.33. The summed E-state index contributed by atoms with van der Waals surface area (Å²) in [6.07, 6.45) is 1.82. The SMILES string of the molecule is Cc1cnc(-c2c(C)noc2C)nc1NCc1ccccc1. The number of hydrogen-bond donors (Lipinski definition) is 1. The molecular weight excluding hydrogens is 276 g/mol. The van der Waals surface area contributed by atoms with Crippen molar-refractivity contribution < 1.29 is 4.52 Å². The Hall–Kier alpha value is -2.69. The van der Waals surface area contributed by atoms with E-state index in [1.165, 1.54) is 5.56 Å². The summed E-state index contributed by atoms with van der Waals surface area (Å²) in [6, 6.07) is 10.2. The average molecular weight is 294 g/mol. The van der Waals surface area contributed by atoms with E-state index in [9.17, 15) is 0 Å². The maximum atomic E-state index is 5.20. The van der Waals surface area contributed by atoms with E-state index in [4.69, 9.17) is 4.52 Å². The van der Waals surface area contributed by atoms with Crippen LogP contribution in [0.5, 0.6) is 0 Å². The van der Waals surface area contributed by atoms with Gasteiger partial charge in [0.1, 0.15) is 11.6 Å². The fourth-order valence-corrected chi connectivity index (χ4v) is 2.33. The molecule has 0 fully saturated rings. The van der Waals surface area contributed by atoms with E-state index in [1.807, 2.05) is 45.2 Å². The van der Waals surface area contributed by atoms with E-state index in [2.05, 4.69) is 32.6 Å². The summed E-state index contributed by atoms with van der Waals surface area (Å²) in [6.45, 7) is 6.48. The van der Waals surface area contributed by atoms with Crippen molar-refractivity contribution in [3.63, 3.8) is 0 Å². The van der Waals surface area contributed by atoms with Crippen LogP contribution in [0.4, 0.5) is 5.82 Å². The van der Waals surface area contributed by atoms with Gasteiger partial charge in [0, 0.05) is 18.3 Å². The zero-order chi connectivity index (χ0) is 15.5. The molecule has 0 atom stereocenters. The van der Waals surface area contributed by atoms with Gasteiger partial charge in [-0.3, -0.25) is 0 Å². The van der Waals surface area contributed by atoms with Crippen molar-refractivity contribution in [3.8, 4) is 11.4 Å². The van der Waals surface area contributed by atoms with E-state index in [0.717, 1.165) is 34.9 Å². The third-order valence-electron chi connectivity index (χ3n) is 3.53. The van der Waals surface area contributed by atoms with Crippen LogP contribution in [0.25, 0.3) is 11.4 Å². The van der Waals surface area contributed by atoms with E-state index >= 15 is 0 Å². The van der Waals surface area contributed by atoms with Gasteiger partial charge in [0.15, 0.2) is 5.82 Å². The maximum absolute atomic E-state index is 5.20. The first-order valence-corrected chi connectivity index (χ1v) is 7.20. The van der Waals surface area contributed by atoms with Gasteiger partial charge in [-0.05, 0) is 26.3 Å². The molecule has 0 saturated carbocycles. The molecule has 0 amide bonds. The second-order valence-electron chi connectivity index (χ2n) is 5.26. The number of benzene rings is 1. The summed E-state index contributed by atoms with van der Waals surface area (Å²) >= 11 is 0. The first-order chi connectivity index (χ1) is 10.6. The minimum absolute atomic E-state index is 0.636. The summed E-state index contributed by atoms with van der Waals surface area (Å²) < 4.78 is 5.20. The van der Waals surface area contributed by atoms with Crippen LogP contribution in [0.1, 0.15) is 22.6 Å². The molecule has 0 bridgehead atoms. The van der Waals surface area contributed by atoms with Crippen LogP contribution in [0.15, 0.2) is 41.1 Å². The Labute approximate surface area is 129 Å². The van der Waals surface area contributed by atoms with Crippen LogP contribution in [0.2, 0.25) is 0 Å². The third-order valence-corrected chi connectivity index (χ3v) is 3.53. The smallest absolute Gasteiger partial charge is 0.167 e. The highest BCUT2D eigenvalue weighted by atomic mass is 16.5. The molecule has 2 aromatic heterocycles. The normalized spacial score (nSPS) is 10.7. The van der Waals surface area contributed by atoms with Gasteiger partial charge in [-0.2, -0.15) is 0 Å². The summed E-state index contributed by atoms with van der Waals surface area (Å²) in [5.41, 5.74) is 3.88. The molecule has 0 spiro atoms. The predicted octanol–water partition coefficient (Wildman–Crippen LogP) is 3.67. The number of rotatable bonds is 4. The predicted molar refractivity (Wildman–Crippen MR) is 85.5 cm³/mol. The lowest BCUT2D eigenvalue weighted by atomic mass is 10.2. The van der Waals surface area contributed by atoms with Crippen molar-refractivity contribution in [2.75, 3.05) is 5.32 Å². The molecule has 0 aliphatic rings. The second-order valence-corrected chi connectivity index (χ2v) is 5.26. The molecule has 112 valence electrons. The number of anilines is 1. The minimum Gasteiger partial charge on any atom is -0.366 e. The van der Waals surface area contributed by atoms with Crippen molar-refractivity contribution in [2.24, 2.45) is 0 Å². The average Bonchev–Trinajstić information content (AvgIpc) is 2.87. The second kappa shape index (κ2) is 5.97. The number of aryl methyl sites for hydroxylation is 3. The molecule has 0 unspecified atom stereocenters. The highest BCUT2D eigenvalue weighted by Gasteiger charge is 2.15. The lowest BCUT2D eigenvalue weighted by Crippen LogP contribution is -2.05. The molecule has 0 radical (unpaired) electrons. The van der Waals surface area contributed by atoms with Gasteiger partial charge in [-0.25, -0.2) is 9.97 Å². The zero-order valence-corrected chi connectivity index (χ0v) is 12.9. The van der Waals surface area contributed by atoms with Crippen LogP contribution < -0.4 is 5.32 Å². The lowest BCUT2D eigenvalue weighted by Gasteiger charge is -2.10. The monoisotopic (exact) mass is 294 g/mol. The summed E-state index contributed by atoms with van der Waals surface area (Å²) in [7, 11) is 0. The van der Waals surface area contributed by atoms with E-state index in [0.29, 0.717) is 5.82 Å². The largest absolute Gasteiger partial charge is 0.366 e. The Balaban J connectivity index is 1.87. The van der Waals surface area contributed by atoms with Crippen molar-refractivity contribution in [3.05, 3.63) is 59.1 Å². The van der Waals surface area contributed by atoms with Crippen LogP contribution in [-0.4, -0.2) is 15.1 Å². The van der Waals surface area contributed by atoms with Crippen molar-refractivity contribution in [1.29, 1.82) is 0 Å². The Morgan fingerprint density at radius 3 is 2.55 bits per heavy atom. The Morgan fingerprint density at radius 1 is 1.09 bits per heavy atom. The molecule has 22 heavy (non-hydrogen) atoms. The van der Waals surface area contributed by atoms with Gasteiger partial charge in [-0.15, -0.1) is 0 Å². The molecular formula is C17H18N4O. The van der Waals surface area contributed by atoms with Crippen LogP contribution in [0.3, 0.4) is 0 Å². The van der Waals surface area contributed by atoms with E-state index in [1.54, 1.807) is 0 Å². The number of aromatic nitrogens is 3. The number of nitrogens with one attached hydrogen (secondary N) is 1. The molecule has 5 nitrogen and oxygen atoms in total. The van der Waals surface area contributed by atoms with E-state index < -0.39 is 0 Å². The topological polar surface area (TPSA) is 63.8 Å². The Bertz CT molecular complexity index is 761. The van der Waals surface area contributed by atoms with E-state index in [-0.39, 0.29) is 0 Å². The molecule has 5 heteroatoms. The molecule has 3 aromatic rings. The number of hydrogen-bond acceptors (Lipinski definition) is 5. The first kappa shape index (κ1) is 14.3. The molecule has 2 heterocycles. The van der Waals surface area contributed by atoms with Gasteiger partial charge in [0.05, 0.1) is 11.3 Å². The molecule has 1 aromatic carbocycles. The van der Waals surface area contributed by atoms with Crippen molar-refractivity contribution >= 4 is 5.82 Å². The summed E-state index contributed by atoms with van der Waals surface area (Å²) in [5.74, 6) is 2.20. The van der Waals surface area contributed by atoms with Crippen LogP contribution in [0, 0.1) is 20.8 Å². The maximum Gasteiger partial charge on any atom is 0.167 e. The lowest BCUT2D eigenvalue weighted by molar-refractivity contribution is 0.393. The third kappa shape index (κ3) is 2.83. The van der Waals surface area contributed by atoms with Crippen LogP contribution >= 0.6 is 0 Å². The number of nitrogens with zero attached hydrogens (tertiary/aromatic N) is 3. The van der Waals surface area contributed by atoms with Crippen molar-refractivity contribution in [2.45, 2.75) is 27.3 Å². The highest BCUT2D eigenvalue weighted by molar-refractivity contribution is 5.62. The standard InChI is InChI=1S/C17H18N4O/c1-11-9-18-17(15-12(2)21-22-13(15)3)20-16(11)19-10-14-7-5-4-6-8-14/h4-9H,10H2,1-3H3,(H,18,19,20). The first-order valence-electron chi connectivity index (χ1n) is 7.20. The van der Waals surface area contributed by atoms with Gasteiger partial charge in [0.2, 0.25) is 0 Å². The van der Waals surface area contributed by atoms with Gasteiger partial charge >= 0.3 is 0 Å². The minimum atomic E-state index is 0.636. The van der Waals surface area contributed by atoms with Crippen molar-refractivity contribution in [1.82, 2.24) is 15.1 Å². The molecule has 0 saturated heterocycles. The molecule has 1 N–H and O–H groups in total. The molecule has 0 aliphatic carbocycles. The van der Waals surface area contributed by atoms with Gasteiger partial charge in [0.25, 0.3) is 0 Å². The quantitative estimate of drug-likeness (QED) is 0.795. The Morgan fingerprint density at radius 2 is 1.86 bits per heavy atom. The zero-order valence-electron chi connectivity index (χ0n) is 12.9. The molecule has 3 rings (SSSR count). The Kier molecular flexibility index (Phi) is 3.87. The van der Waals surface area contributed by atoms with Gasteiger partial charge < -0.3 is 9.84 Å².